The Bertz CT molecular complexity index is 941. The first-order valence-electron chi connectivity index (χ1n) is 7.22. The van der Waals surface area contributed by atoms with Gasteiger partial charge in [0.15, 0.2) is 16.4 Å². The molecule has 3 rings (SSSR count). The Morgan fingerprint density at radius 1 is 1.20 bits per heavy atom. The van der Waals surface area contributed by atoms with Crippen LogP contribution in [0.2, 0.25) is 0 Å². The van der Waals surface area contributed by atoms with Gasteiger partial charge in [-0.25, -0.2) is 8.42 Å². The fourth-order valence-corrected chi connectivity index (χ4v) is 4.03. The Kier molecular flexibility index (Phi) is 4.32. The maximum atomic E-state index is 13.0. The van der Waals surface area contributed by atoms with Crippen molar-refractivity contribution in [2.45, 2.75) is 4.90 Å². The molecule has 2 aromatic carbocycles. The molecule has 1 aliphatic heterocycles. The van der Waals surface area contributed by atoms with Gasteiger partial charge in [-0.1, -0.05) is 18.2 Å². The zero-order chi connectivity index (χ0) is 18.0. The van der Waals surface area contributed by atoms with Crippen LogP contribution in [0.15, 0.2) is 60.0 Å². The average Bonchev–Trinajstić information content (AvgIpc) is 3.07. The number of nitro benzene ring substituents is 1. The summed E-state index contributed by atoms with van der Waals surface area (Å²) in [5, 5.41) is 11.2. The summed E-state index contributed by atoms with van der Waals surface area (Å²) in [6, 6.07) is 9.85. The molecule has 0 radical (unpaired) electrons. The number of nitro groups is 1. The lowest BCUT2D eigenvalue weighted by atomic mass is 10.3. The maximum absolute atomic E-state index is 13.0. The van der Waals surface area contributed by atoms with Gasteiger partial charge in [0.25, 0.3) is 15.7 Å². The highest BCUT2D eigenvalue weighted by atomic mass is 32.2. The van der Waals surface area contributed by atoms with Crippen LogP contribution in [-0.4, -0.2) is 26.7 Å². The van der Waals surface area contributed by atoms with Crippen molar-refractivity contribution in [1.82, 2.24) is 0 Å². The van der Waals surface area contributed by atoms with E-state index in [4.69, 9.17) is 9.47 Å². The minimum absolute atomic E-state index is 0.0527. The molecule has 0 aliphatic carbocycles. The van der Waals surface area contributed by atoms with Gasteiger partial charge in [0.2, 0.25) is 6.79 Å². The molecule has 0 spiro atoms. The Morgan fingerprint density at radius 3 is 2.64 bits per heavy atom. The monoisotopic (exact) mass is 362 g/mol. The molecular formula is C16H14N2O6S. The van der Waals surface area contributed by atoms with Crippen molar-refractivity contribution in [2.75, 3.05) is 17.6 Å². The molecule has 0 saturated heterocycles. The minimum Gasteiger partial charge on any atom is -0.454 e. The number of hydrogen-bond donors (Lipinski definition) is 0. The molecule has 0 N–H and O–H groups in total. The van der Waals surface area contributed by atoms with Crippen LogP contribution in [0.5, 0.6) is 11.5 Å². The largest absolute Gasteiger partial charge is 0.454 e. The summed E-state index contributed by atoms with van der Waals surface area (Å²) >= 11 is 0. The summed E-state index contributed by atoms with van der Waals surface area (Å²) < 4.78 is 37.6. The molecule has 2 aromatic rings. The summed E-state index contributed by atoms with van der Waals surface area (Å²) in [6.45, 7) is 3.56. The van der Waals surface area contributed by atoms with Crippen LogP contribution in [0.3, 0.4) is 0 Å². The first-order valence-corrected chi connectivity index (χ1v) is 8.66. The van der Waals surface area contributed by atoms with Crippen molar-refractivity contribution < 1.29 is 22.8 Å². The predicted octanol–water partition coefficient (Wildman–Crippen LogP) is 2.70. The topological polar surface area (TPSA) is 99.0 Å². The quantitative estimate of drug-likeness (QED) is 0.445. The van der Waals surface area contributed by atoms with Gasteiger partial charge in [0.1, 0.15) is 0 Å². The number of anilines is 1. The molecular weight excluding hydrogens is 348 g/mol. The molecule has 9 heteroatoms. The van der Waals surface area contributed by atoms with Gasteiger partial charge in [-0.05, 0) is 18.2 Å². The van der Waals surface area contributed by atoms with E-state index in [1.54, 1.807) is 12.1 Å². The second-order valence-electron chi connectivity index (χ2n) is 5.09. The van der Waals surface area contributed by atoms with E-state index in [2.05, 4.69) is 6.58 Å². The van der Waals surface area contributed by atoms with Crippen LogP contribution in [-0.2, 0) is 10.0 Å². The van der Waals surface area contributed by atoms with Crippen molar-refractivity contribution in [3.8, 4) is 11.5 Å². The molecule has 1 aliphatic rings. The standard InChI is InChI=1S/C16H14N2O6S/c1-2-9-17(12-7-8-14-15(10-12)24-11-23-14)25(21,22)16-6-4-3-5-13(16)18(19)20/h2-8,10H,1,9,11H2. The SMILES string of the molecule is C=CCN(c1ccc2c(c1)OCO2)S(=O)(=O)c1ccccc1[N+](=O)[O-]. The number of fused-ring (bicyclic) bond motifs is 1. The molecule has 1 heterocycles. The predicted molar refractivity (Wildman–Crippen MR) is 90.4 cm³/mol. The molecule has 0 unspecified atom stereocenters. The van der Waals surface area contributed by atoms with Gasteiger partial charge in [-0.2, -0.15) is 0 Å². The first kappa shape index (κ1) is 16.8. The van der Waals surface area contributed by atoms with Crippen molar-refractivity contribution >= 4 is 21.4 Å². The number of benzene rings is 2. The summed E-state index contributed by atoms with van der Waals surface area (Å²) in [5.41, 5.74) is -0.195. The van der Waals surface area contributed by atoms with Crippen molar-refractivity contribution in [3.05, 3.63) is 65.2 Å². The lowest BCUT2D eigenvalue weighted by molar-refractivity contribution is -0.387. The van der Waals surface area contributed by atoms with Gasteiger partial charge in [0.05, 0.1) is 17.2 Å². The molecule has 0 fully saturated rings. The second-order valence-corrected chi connectivity index (χ2v) is 6.92. The third-order valence-corrected chi connectivity index (χ3v) is 5.41. The van der Waals surface area contributed by atoms with E-state index in [0.717, 1.165) is 10.4 Å². The molecule has 0 amide bonds. The average molecular weight is 362 g/mol. The third-order valence-electron chi connectivity index (χ3n) is 3.57. The van der Waals surface area contributed by atoms with Gasteiger partial charge < -0.3 is 9.47 Å². The summed E-state index contributed by atoms with van der Waals surface area (Å²) in [5.74, 6) is 0.912. The van der Waals surface area contributed by atoms with Crippen LogP contribution in [0.4, 0.5) is 11.4 Å². The maximum Gasteiger partial charge on any atom is 0.289 e. The fraction of sp³-hybridized carbons (Fsp3) is 0.125. The van der Waals surface area contributed by atoms with Gasteiger partial charge >= 0.3 is 0 Å². The number of para-hydroxylation sites is 1. The second kappa shape index (κ2) is 6.44. The zero-order valence-electron chi connectivity index (χ0n) is 13.0. The molecule has 0 aromatic heterocycles. The van der Waals surface area contributed by atoms with E-state index in [1.165, 1.54) is 30.3 Å². The van der Waals surface area contributed by atoms with Crippen molar-refractivity contribution in [1.29, 1.82) is 0 Å². The Balaban J connectivity index is 2.12. The summed E-state index contributed by atoms with van der Waals surface area (Å²) in [6.07, 6.45) is 1.40. The van der Waals surface area contributed by atoms with Crippen molar-refractivity contribution in [2.24, 2.45) is 0 Å². The number of nitrogens with zero attached hydrogens (tertiary/aromatic N) is 2. The van der Waals surface area contributed by atoms with E-state index < -0.39 is 20.6 Å². The summed E-state index contributed by atoms with van der Waals surface area (Å²) in [7, 11) is -4.19. The highest BCUT2D eigenvalue weighted by molar-refractivity contribution is 7.93. The van der Waals surface area contributed by atoms with E-state index in [-0.39, 0.29) is 18.2 Å². The lowest BCUT2D eigenvalue weighted by Gasteiger charge is -2.23. The molecule has 25 heavy (non-hydrogen) atoms. The Hall–Kier alpha value is -3.07. The number of sulfonamides is 1. The zero-order valence-corrected chi connectivity index (χ0v) is 13.8. The van der Waals surface area contributed by atoms with E-state index in [9.17, 15) is 18.5 Å². The van der Waals surface area contributed by atoms with Gasteiger partial charge in [0, 0.05) is 12.1 Å². The van der Waals surface area contributed by atoms with Crippen LogP contribution in [0, 0.1) is 10.1 Å². The highest BCUT2D eigenvalue weighted by Crippen LogP contribution is 2.37. The third kappa shape index (κ3) is 3.01. The Morgan fingerprint density at radius 2 is 1.92 bits per heavy atom. The van der Waals surface area contributed by atoms with Crippen LogP contribution in [0.25, 0.3) is 0 Å². The number of ether oxygens (including phenoxy) is 2. The van der Waals surface area contributed by atoms with Crippen LogP contribution < -0.4 is 13.8 Å². The van der Waals surface area contributed by atoms with Gasteiger partial charge in [-0.15, -0.1) is 6.58 Å². The normalized spacial score (nSPS) is 12.6. The number of hydrogen-bond acceptors (Lipinski definition) is 6. The molecule has 0 atom stereocenters. The number of rotatable bonds is 6. The highest BCUT2D eigenvalue weighted by Gasteiger charge is 2.31. The molecule has 130 valence electrons. The summed E-state index contributed by atoms with van der Waals surface area (Å²) in [4.78, 5) is 10.1. The van der Waals surface area contributed by atoms with Crippen LogP contribution >= 0.6 is 0 Å². The van der Waals surface area contributed by atoms with Gasteiger partial charge in [-0.3, -0.25) is 14.4 Å². The van der Waals surface area contributed by atoms with Crippen LogP contribution in [0.1, 0.15) is 0 Å². The van der Waals surface area contributed by atoms with Crippen molar-refractivity contribution in [3.63, 3.8) is 0 Å². The first-order chi connectivity index (χ1) is 11.9. The van der Waals surface area contributed by atoms with E-state index in [0.29, 0.717) is 17.2 Å². The minimum atomic E-state index is -4.19. The molecule has 0 saturated carbocycles. The molecule has 0 bridgehead atoms. The molecule has 8 nitrogen and oxygen atoms in total. The fourth-order valence-electron chi connectivity index (χ4n) is 2.44. The van der Waals surface area contributed by atoms with E-state index >= 15 is 0 Å². The lowest BCUT2D eigenvalue weighted by Crippen LogP contribution is -2.31. The van der Waals surface area contributed by atoms with E-state index in [1.807, 2.05) is 0 Å². The Labute approximate surface area is 144 Å². The smallest absolute Gasteiger partial charge is 0.289 e.